The third-order valence-corrected chi connectivity index (χ3v) is 3.32. The van der Waals surface area contributed by atoms with E-state index in [1.54, 1.807) is 0 Å². The average molecular weight is 172 g/mol. The molecule has 3 heteroatoms. The first-order chi connectivity index (χ1) is 5.73. The summed E-state index contributed by atoms with van der Waals surface area (Å²) in [5.41, 5.74) is -0.715. The number of hydrogen-bond donors (Lipinski definition) is 0. The number of alkyl halides is 1. The molecule has 0 heterocycles. The van der Waals surface area contributed by atoms with Crippen LogP contribution in [0.15, 0.2) is 0 Å². The van der Waals surface area contributed by atoms with Crippen LogP contribution in [0.2, 0.25) is 0 Å². The van der Waals surface area contributed by atoms with E-state index < -0.39 is 11.6 Å². The van der Waals surface area contributed by atoms with Crippen molar-refractivity contribution >= 4 is 5.97 Å². The van der Waals surface area contributed by atoms with Gasteiger partial charge in [0.05, 0.1) is 7.11 Å². The van der Waals surface area contributed by atoms with Gasteiger partial charge in [0.15, 0.2) is 0 Å². The number of carbonyl (C=O) groups excluding carboxylic acids is 1. The summed E-state index contributed by atoms with van der Waals surface area (Å²) >= 11 is 0. The fraction of sp³-hybridized carbons (Fsp3) is 0.889. The highest BCUT2D eigenvalue weighted by molar-refractivity contribution is 5.82. The zero-order valence-corrected chi connectivity index (χ0v) is 7.18. The normalized spacial score (nSPS) is 44.8. The topological polar surface area (TPSA) is 26.3 Å². The second kappa shape index (κ2) is 2.44. The molecule has 0 aromatic rings. The van der Waals surface area contributed by atoms with Gasteiger partial charge in [0.1, 0.15) is 11.6 Å². The van der Waals surface area contributed by atoms with Gasteiger partial charge in [-0.2, -0.15) is 0 Å². The Morgan fingerprint density at radius 2 is 2.33 bits per heavy atom. The van der Waals surface area contributed by atoms with E-state index in [0.29, 0.717) is 6.42 Å². The minimum absolute atomic E-state index is 0.0290. The number of carbonyl (C=O) groups is 1. The molecule has 0 N–H and O–H groups in total. The lowest BCUT2D eigenvalue weighted by molar-refractivity contribution is -0.149. The second-order valence-electron chi connectivity index (χ2n) is 3.79. The van der Waals surface area contributed by atoms with E-state index in [9.17, 15) is 9.18 Å². The zero-order valence-electron chi connectivity index (χ0n) is 7.18. The predicted octanol–water partition coefficient (Wildman–Crippen LogP) is 1.69. The van der Waals surface area contributed by atoms with Gasteiger partial charge in [-0.3, -0.25) is 4.79 Å². The van der Waals surface area contributed by atoms with Crippen molar-refractivity contribution in [2.75, 3.05) is 7.11 Å². The van der Waals surface area contributed by atoms with Gasteiger partial charge in [-0.25, -0.2) is 4.39 Å². The molecule has 68 valence electrons. The van der Waals surface area contributed by atoms with Crippen LogP contribution >= 0.6 is 0 Å². The molecule has 3 atom stereocenters. The van der Waals surface area contributed by atoms with E-state index in [-0.39, 0.29) is 11.9 Å². The van der Waals surface area contributed by atoms with Crippen LogP contribution in [0.25, 0.3) is 0 Å². The lowest BCUT2D eigenvalue weighted by atomic mass is 9.88. The SMILES string of the molecule is COC(=O)[C@]12CCCC[C@@H]1[C@H]2F. The van der Waals surface area contributed by atoms with Crippen LogP contribution in [-0.4, -0.2) is 19.3 Å². The highest BCUT2D eigenvalue weighted by atomic mass is 19.1. The van der Waals surface area contributed by atoms with Crippen molar-refractivity contribution in [3.8, 4) is 0 Å². The van der Waals surface area contributed by atoms with E-state index in [4.69, 9.17) is 0 Å². The molecule has 2 saturated carbocycles. The van der Waals surface area contributed by atoms with Crippen molar-refractivity contribution in [2.24, 2.45) is 11.3 Å². The lowest BCUT2D eigenvalue weighted by Gasteiger charge is -2.17. The van der Waals surface area contributed by atoms with E-state index in [1.165, 1.54) is 7.11 Å². The van der Waals surface area contributed by atoms with Crippen molar-refractivity contribution in [2.45, 2.75) is 31.9 Å². The van der Waals surface area contributed by atoms with E-state index in [1.807, 2.05) is 0 Å². The van der Waals surface area contributed by atoms with Crippen LogP contribution in [0.1, 0.15) is 25.7 Å². The molecule has 0 bridgehead atoms. The monoisotopic (exact) mass is 172 g/mol. The van der Waals surface area contributed by atoms with Crippen molar-refractivity contribution in [1.29, 1.82) is 0 Å². The molecule has 0 aromatic carbocycles. The second-order valence-corrected chi connectivity index (χ2v) is 3.79. The van der Waals surface area contributed by atoms with Crippen LogP contribution in [0.4, 0.5) is 4.39 Å². The molecule has 0 aliphatic heterocycles. The summed E-state index contributed by atoms with van der Waals surface area (Å²) < 4.78 is 17.9. The van der Waals surface area contributed by atoms with Crippen LogP contribution in [0.5, 0.6) is 0 Å². The third kappa shape index (κ3) is 0.767. The molecule has 2 fully saturated rings. The molecule has 0 saturated heterocycles. The Kier molecular flexibility index (Phi) is 1.63. The molecule has 12 heavy (non-hydrogen) atoms. The summed E-state index contributed by atoms with van der Waals surface area (Å²) in [6.45, 7) is 0. The standard InChI is InChI=1S/C9H13FO2/c1-12-8(11)9-5-3-2-4-6(9)7(9)10/h6-7H,2-5H2,1H3/t6-,7-,9-/m1/s1. The van der Waals surface area contributed by atoms with E-state index in [0.717, 1.165) is 19.3 Å². The lowest BCUT2D eigenvalue weighted by Crippen LogP contribution is -2.23. The molecule has 2 aliphatic carbocycles. The van der Waals surface area contributed by atoms with Gasteiger partial charge in [0.2, 0.25) is 0 Å². The molecule has 0 radical (unpaired) electrons. The van der Waals surface area contributed by atoms with Crippen molar-refractivity contribution < 1.29 is 13.9 Å². The molecule has 0 spiro atoms. The summed E-state index contributed by atoms with van der Waals surface area (Å²) in [6.07, 6.45) is 2.64. The third-order valence-electron chi connectivity index (χ3n) is 3.32. The largest absolute Gasteiger partial charge is 0.468 e. The summed E-state index contributed by atoms with van der Waals surface area (Å²) in [5, 5.41) is 0. The first-order valence-corrected chi connectivity index (χ1v) is 4.46. The molecule has 0 unspecified atom stereocenters. The molecule has 0 aromatic heterocycles. The maximum atomic E-state index is 13.3. The van der Waals surface area contributed by atoms with Gasteiger partial charge in [-0.1, -0.05) is 12.8 Å². The van der Waals surface area contributed by atoms with Gasteiger partial charge in [-0.15, -0.1) is 0 Å². The van der Waals surface area contributed by atoms with E-state index >= 15 is 0 Å². The number of fused-ring (bicyclic) bond motifs is 1. The number of methoxy groups -OCH3 is 1. The zero-order chi connectivity index (χ0) is 8.77. The molecular weight excluding hydrogens is 159 g/mol. The number of rotatable bonds is 1. The van der Waals surface area contributed by atoms with E-state index in [2.05, 4.69) is 4.74 Å². The Morgan fingerprint density at radius 3 is 2.92 bits per heavy atom. The van der Waals surface area contributed by atoms with Crippen LogP contribution < -0.4 is 0 Å². The van der Waals surface area contributed by atoms with Gasteiger partial charge in [-0.05, 0) is 12.8 Å². The van der Waals surface area contributed by atoms with Crippen LogP contribution in [0, 0.1) is 11.3 Å². The molecular formula is C9H13FO2. The Labute approximate surface area is 71.1 Å². The average Bonchev–Trinajstić information content (AvgIpc) is 2.73. The summed E-state index contributed by atoms with van der Waals surface area (Å²) in [6, 6.07) is 0. The number of halogens is 1. The number of esters is 1. The van der Waals surface area contributed by atoms with Crippen molar-refractivity contribution in [1.82, 2.24) is 0 Å². The van der Waals surface area contributed by atoms with Crippen molar-refractivity contribution in [3.05, 3.63) is 0 Å². The smallest absolute Gasteiger partial charge is 0.315 e. The van der Waals surface area contributed by atoms with Gasteiger partial charge < -0.3 is 4.74 Å². The maximum Gasteiger partial charge on any atom is 0.315 e. The highest BCUT2D eigenvalue weighted by Crippen LogP contribution is 2.63. The minimum Gasteiger partial charge on any atom is -0.468 e. The molecule has 2 aliphatic rings. The van der Waals surface area contributed by atoms with Gasteiger partial charge in [0, 0.05) is 5.92 Å². The fourth-order valence-electron chi connectivity index (χ4n) is 2.53. The van der Waals surface area contributed by atoms with Crippen LogP contribution in [-0.2, 0) is 9.53 Å². The Hall–Kier alpha value is -0.600. The highest BCUT2D eigenvalue weighted by Gasteiger charge is 2.71. The Bertz CT molecular complexity index is 217. The van der Waals surface area contributed by atoms with Gasteiger partial charge in [0.25, 0.3) is 0 Å². The quantitative estimate of drug-likeness (QED) is 0.562. The Balaban J connectivity index is 2.15. The predicted molar refractivity (Wildman–Crippen MR) is 41.3 cm³/mol. The minimum atomic E-state index is -0.924. The number of hydrogen-bond acceptors (Lipinski definition) is 2. The first kappa shape index (κ1) is 8.02. The van der Waals surface area contributed by atoms with Crippen molar-refractivity contribution in [3.63, 3.8) is 0 Å². The first-order valence-electron chi connectivity index (χ1n) is 4.46. The molecule has 2 rings (SSSR count). The van der Waals surface area contributed by atoms with Gasteiger partial charge >= 0.3 is 5.97 Å². The summed E-state index contributed by atoms with van der Waals surface area (Å²) in [7, 11) is 1.34. The maximum absolute atomic E-state index is 13.3. The molecule has 0 amide bonds. The Morgan fingerprint density at radius 1 is 1.58 bits per heavy atom. The van der Waals surface area contributed by atoms with Crippen LogP contribution in [0.3, 0.4) is 0 Å². The number of ether oxygens (including phenoxy) is 1. The summed E-state index contributed by atoms with van der Waals surface area (Å²) in [4.78, 5) is 11.3. The molecule has 2 nitrogen and oxygen atoms in total. The fourth-order valence-corrected chi connectivity index (χ4v) is 2.53. The summed E-state index contributed by atoms with van der Waals surface area (Å²) in [5.74, 6) is -0.363.